The molecule has 2 aromatic rings. The summed E-state index contributed by atoms with van der Waals surface area (Å²) in [6.07, 6.45) is -0.592. The van der Waals surface area contributed by atoms with Crippen molar-refractivity contribution >= 4 is 11.6 Å². The van der Waals surface area contributed by atoms with Crippen LogP contribution < -0.4 is 9.47 Å². The van der Waals surface area contributed by atoms with Gasteiger partial charge in [0.1, 0.15) is 12.4 Å². The summed E-state index contributed by atoms with van der Waals surface area (Å²) >= 11 is 5.88. The molecule has 0 unspecified atom stereocenters. The van der Waals surface area contributed by atoms with E-state index in [4.69, 9.17) is 21.1 Å². The molecule has 1 N–H and O–H groups in total. The highest BCUT2D eigenvalue weighted by molar-refractivity contribution is 6.31. The van der Waals surface area contributed by atoms with Gasteiger partial charge in [0.05, 0.1) is 18.2 Å². The van der Waals surface area contributed by atoms with Gasteiger partial charge in [0.15, 0.2) is 11.5 Å². The van der Waals surface area contributed by atoms with E-state index in [1.165, 1.54) is 13.2 Å². The first kappa shape index (κ1) is 15.6. The lowest BCUT2D eigenvalue weighted by Gasteiger charge is -2.14. The number of rotatable bonds is 5. The predicted octanol–water partition coefficient (Wildman–Crippen LogP) is 4.12. The van der Waals surface area contributed by atoms with Crippen LogP contribution in [-0.4, -0.2) is 12.2 Å². The second-order valence-electron chi connectivity index (χ2n) is 4.59. The van der Waals surface area contributed by atoms with Crippen molar-refractivity contribution in [1.29, 1.82) is 0 Å². The third kappa shape index (κ3) is 3.65. The Bertz CT molecular complexity index is 629. The Labute approximate surface area is 127 Å². The quantitative estimate of drug-likeness (QED) is 0.903. The molecule has 0 aliphatic carbocycles. The minimum Gasteiger partial charge on any atom is -0.493 e. The van der Waals surface area contributed by atoms with E-state index in [1.807, 2.05) is 0 Å². The van der Waals surface area contributed by atoms with Crippen LogP contribution in [0.25, 0.3) is 0 Å². The Morgan fingerprint density at radius 1 is 1.24 bits per heavy atom. The van der Waals surface area contributed by atoms with Gasteiger partial charge in [-0.05, 0) is 30.7 Å². The monoisotopic (exact) mass is 310 g/mol. The maximum absolute atomic E-state index is 13.4. The Hall–Kier alpha value is -1.78. The number of aliphatic hydroxyl groups is 1. The molecule has 0 radical (unpaired) electrons. The van der Waals surface area contributed by atoms with Crippen molar-refractivity contribution in [3.63, 3.8) is 0 Å². The van der Waals surface area contributed by atoms with Gasteiger partial charge in [-0.2, -0.15) is 0 Å². The maximum atomic E-state index is 13.4. The predicted molar refractivity (Wildman–Crippen MR) is 79.4 cm³/mol. The molecule has 2 rings (SSSR count). The third-order valence-electron chi connectivity index (χ3n) is 3.08. The van der Waals surface area contributed by atoms with Crippen LogP contribution in [0.4, 0.5) is 4.39 Å². The highest BCUT2D eigenvalue weighted by Crippen LogP contribution is 2.31. The standard InChI is InChI=1S/C16H16ClFO3/c1-10(19)11-6-7-14(15(8-11)20-2)21-9-12-4-3-5-13(18)16(12)17/h3-8,10,19H,9H2,1-2H3/t10-/m1/s1. The molecule has 0 saturated carbocycles. The largest absolute Gasteiger partial charge is 0.493 e. The van der Waals surface area contributed by atoms with Gasteiger partial charge < -0.3 is 14.6 Å². The van der Waals surface area contributed by atoms with Crippen molar-refractivity contribution in [1.82, 2.24) is 0 Å². The molecule has 1 atom stereocenters. The van der Waals surface area contributed by atoms with E-state index in [0.717, 1.165) is 5.56 Å². The van der Waals surface area contributed by atoms with E-state index in [9.17, 15) is 9.50 Å². The fourth-order valence-electron chi connectivity index (χ4n) is 1.88. The van der Waals surface area contributed by atoms with Crippen LogP contribution >= 0.6 is 11.6 Å². The smallest absolute Gasteiger partial charge is 0.161 e. The van der Waals surface area contributed by atoms with Crippen molar-refractivity contribution in [2.24, 2.45) is 0 Å². The average molecular weight is 311 g/mol. The summed E-state index contributed by atoms with van der Waals surface area (Å²) in [5, 5.41) is 9.61. The SMILES string of the molecule is COc1cc([C@@H](C)O)ccc1OCc1cccc(F)c1Cl. The first-order chi connectivity index (χ1) is 10.0. The highest BCUT2D eigenvalue weighted by atomic mass is 35.5. The molecule has 2 aromatic carbocycles. The molecular formula is C16H16ClFO3. The molecule has 3 nitrogen and oxygen atoms in total. The lowest BCUT2D eigenvalue weighted by molar-refractivity contribution is 0.198. The van der Waals surface area contributed by atoms with Gasteiger partial charge in [-0.15, -0.1) is 0 Å². The van der Waals surface area contributed by atoms with Crippen LogP contribution in [0.15, 0.2) is 36.4 Å². The highest BCUT2D eigenvalue weighted by Gasteiger charge is 2.11. The van der Waals surface area contributed by atoms with Gasteiger partial charge in [-0.3, -0.25) is 0 Å². The molecule has 0 aromatic heterocycles. The zero-order chi connectivity index (χ0) is 15.4. The van der Waals surface area contributed by atoms with Crippen molar-refractivity contribution in [2.75, 3.05) is 7.11 Å². The van der Waals surface area contributed by atoms with Gasteiger partial charge in [0.25, 0.3) is 0 Å². The van der Waals surface area contributed by atoms with E-state index in [0.29, 0.717) is 17.1 Å². The van der Waals surface area contributed by atoms with Crippen molar-refractivity contribution in [3.8, 4) is 11.5 Å². The first-order valence-electron chi connectivity index (χ1n) is 6.44. The Balaban J connectivity index is 2.18. The van der Waals surface area contributed by atoms with Gasteiger partial charge in [0, 0.05) is 5.56 Å². The number of hydrogen-bond donors (Lipinski definition) is 1. The number of methoxy groups -OCH3 is 1. The average Bonchev–Trinajstić information content (AvgIpc) is 2.48. The van der Waals surface area contributed by atoms with E-state index in [2.05, 4.69) is 0 Å². The van der Waals surface area contributed by atoms with Crippen LogP contribution in [0, 0.1) is 5.82 Å². The minimum absolute atomic E-state index is 0.0528. The molecule has 0 spiro atoms. The summed E-state index contributed by atoms with van der Waals surface area (Å²) in [7, 11) is 1.52. The van der Waals surface area contributed by atoms with Crippen molar-refractivity contribution < 1.29 is 19.0 Å². The van der Waals surface area contributed by atoms with Crippen LogP contribution in [-0.2, 0) is 6.61 Å². The zero-order valence-corrected chi connectivity index (χ0v) is 12.5. The molecule has 5 heteroatoms. The fraction of sp³-hybridized carbons (Fsp3) is 0.250. The second-order valence-corrected chi connectivity index (χ2v) is 4.97. The maximum Gasteiger partial charge on any atom is 0.161 e. The van der Waals surface area contributed by atoms with Crippen molar-refractivity contribution in [3.05, 3.63) is 58.4 Å². The summed E-state index contributed by atoms with van der Waals surface area (Å²) in [5.41, 5.74) is 1.28. The molecule has 0 amide bonds. The van der Waals surface area contributed by atoms with Crippen LogP contribution in [0.1, 0.15) is 24.2 Å². The number of benzene rings is 2. The van der Waals surface area contributed by atoms with E-state index >= 15 is 0 Å². The summed E-state index contributed by atoms with van der Waals surface area (Å²) in [6.45, 7) is 1.79. The number of halogens is 2. The molecule has 0 bridgehead atoms. The summed E-state index contributed by atoms with van der Waals surface area (Å²) in [4.78, 5) is 0. The van der Waals surface area contributed by atoms with Crippen LogP contribution in [0.2, 0.25) is 5.02 Å². The molecule has 0 saturated heterocycles. The summed E-state index contributed by atoms with van der Waals surface area (Å²) in [5.74, 6) is 0.525. The van der Waals surface area contributed by atoms with E-state index in [1.54, 1.807) is 37.3 Å². The minimum atomic E-state index is -0.592. The summed E-state index contributed by atoms with van der Waals surface area (Å²) < 4.78 is 24.2. The van der Waals surface area contributed by atoms with Gasteiger partial charge in [0.2, 0.25) is 0 Å². The normalized spacial score (nSPS) is 12.0. The molecule has 0 heterocycles. The Kier molecular flexibility index (Phi) is 5.04. The van der Waals surface area contributed by atoms with E-state index < -0.39 is 11.9 Å². The zero-order valence-electron chi connectivity index (χ0n) is 11.8. The van der Waals surface area contributed by atoms with Gasteiger partial charge in [-0.25, -0.2) is 4.39 Å². The number of hydrogen-bond acceptors (Lipinski definition) is 3. The number of aliphatic hydroxyl groups excluding tert-OH is 1. The number of ether oxygens (including phenoxy) is 2. The topological polar surface area (TPSA) is 38.7 Å². The molecule has 0 aliphatic rings. The molecule has 21 heavy (non-hydrogen) atoms. The fourth-order valence-corrected chi connectivity index (χ4v) is 2.06. The lowest BCUT2D eigenvalue weighted by atomic mass is 10.1. The molecule has 0 aliphatic heterocycles. The van der Waals surface area contributed by atoms with Crippen LogP contribution in [0.3, 0.4) is 0 Å². The van der Waals surface area contributed by atoms with Crippen LogP contribution in [0.5, 0.6) is 11.5 Å². The van der Waals surface area contributed by atoms with E-state index in [-0.39, 0.29) is 11.6 Å². The summed E-state index contributed by atoms with van der Waals surface area (Å²) in [6, 6.07) is 9.72. The Morgan fingerprint density at radius 3 is 2.67 bits per heavy atom. The first-order valence-corrected chi connectivity index (χ1v) is 6.82. The van der Waals surface area contributed by atoms with Gasteiger partial charge >= 0.3 is 0 Å². The second kappa shape index (κ2) is 6.78. The van der Waals surface area contributed by atoms with Crippen molar-refractivity contribution in [2.45, 2.75) is 19.6 Å². The molecule has 112 valence electrons. The third-order valence-corrected chi connectivity index (χ3v) is 3.51. The lowest BCUT2D eigenvalue weighted by Crippen LogP contribution is -2.00. The molecule has 0 fully saturated rings. The molecular weight excluding hydrogens is 295 g/mol. The Morgan fingerprint density at radius 2 is 2.00 bits per heavy atom. The van der Waals surface area contributed by atoms with Gasteiger partial charge in [-0.1, -0.05) is 29.8 Å².